The lowest BCUT2D eigenvalue weighted by Gasteiger charge is -2.09. The highest BCUT2D eigenvalue weighted by Crippen LogP contribution is 2.39. The van der Waals surface area contributed by atoms with E-state index in [-0.39, 0.29) is 10.6 Å². The lowest BCUT2D eigenvalue weighted by atomic mass is 9.97. The van der Waals surface area contributed by atoms with Gasteiger partial charge in [-0.1, -0.05) is 66.7 Å². The second kappa shape index (κ2) is 8.64. The minimum atomic E-state index is -0.346. The van der Waals surface area contributed by atoms with Crippen LogP contribution in [0, 0.1) is 10.1 Å². The molecule has 0 N–H and O–H groups in total. The topological polar surface area (TPSA) is 65.1 Å². The molecule has 36 heavy (non-hydrogen) atoms. The molecule has 5 nitrogen and oxygen atoms in total. The number of carbonyl (C=O) groups excluding carboxylic acids is 1. The van der Waals surface area contributed by atoms with Crippen molar-refractivity contribution in [2.24, 2.45) is 0 Å². The lowest BCUT2D eigenvalue weighted by molar-refractivity contribution is -0.384. The largest absolute Gasteiger partial charge is 0.309 e. The highest BCUT2D eigenvalue weighted by atomic mass is 16.6. The van der Waals surface area contributed by atoms with Crippen LogP contribution in [0.25, 0.3) is 49.7 Å². The summed E-state index contributed by atoms with van der Waals surface area (Å²) in [7, 11) is 0. The van der Waals surface area contributed by atoms with Crippen LogP contribution in [0.5, 0.6) is 0 Å². The Morgan fingerprint density at radius 1 is 0.639 bits per heavy atom. The van der Waals surface area contributed by atoms with E-state index in [9.17, 15) is 14.9 Å². The number of aldehydes is 1. The third-order valence-electron chi connectivity index (χ3n) is 6.59. The van der Waals surface area contributed by atoms with Gasteiger partial charge in [0.1, 0.15) is 0 Å². The Balaban J connectivity index is 1.67. The molecule has 6 aromatic rings. The van der Waals surface area contributed by atoms with E-state index < -0.39 is 0 Å². The fourth-order valence-electron chi connectivity index (χ4n) is 4.95. The number of aromatic nitrogens is 1. The smallest absolute Gasteiger partial charge is 0.277 e. The molecule has 0 aliphatic rings. The van der Waals surface area contributed by atoms with Crippen molar-refractivity contribution >= 4 is 33.8 Å². The van der Waals surface area contributed by atoms with E-state index in [2.05, 4.69) is 28.8 Å². The van der Waals surface area contributed by atoms with E-state index in [1.165, 1.54) is 6.07 Å². The van der Waals surface area contributed by atoms with Crippen LogP contribution in [-0.4, -0.2) is 15.8 Å². The van der Waals surface area contributed by atoms with Crippen molar-refractivity contribution in [3.05, 3.63) is 131 Å². The number of nitrogens with zero attached hydrogens (tertiary/aromatic N) is 2. The molecule has 0 spiro atoms. The SMILES string of the molecule is O=Cc1ccccc1-c1ccc2c(c1)c1cc(-c3ccccc3[N+](=O)[O-])ccc1n2-c1ccccc1. The summed E-state index contributed by atoms with van der Waals surface area (Å²) >= 11 is 0. The van der Waals surface area contributed by atoms with Crippen LogP contribution in [0.4, 0.5) is 5.69 Å². The summed E-state index contributed by atoms with van der Waals surface area (Å²) < 4.78 is 2.20. The van der Waals surface area contributed by atoms with Crippen molar-refractivity contribution in [1.29, 1.82) is 0 Å². The van der Waals surface area contributed by atoms with Gasteiger partial charge >= 0.3 is 0 Å². The summed E-state index contributed by atoms with van der Waals surface area (Å²) in [5, 5.41) is 13.7. The summed E-state index contributed by atoms with van der Waals surface area (Å²) in [6, 6.07) is 36.6. The quantitative estimate of drug-likeness (QED) is 0.147. The van der Waals surface area contributed by atoms with Crippen LogP contribution in [-0.2, 0) is 0 Å². The molecular weight excluding hydrogens is 448 g/mol. The van der Waals surface area contributed by atoms with Crippen LogP contribution in [0.3, 0.4) is 0 Å². The zero-order valence-corrected chi connectivity index (χ0v) is 19.2. The van der Waals surface area contributed by atoms with E-state index in [0.717, 1.165) is 50.5 Å². The van der Waals surface area contributed by atoms with Gasteiger partial charge in [-0.2, -0.15) is 0 Å². The van der Waals surface area contributed by atoms with Crippen LogP contribution in [0.2, 0.25) is 0 Å². The van der Waals surface area contributed by atoms with Crippen LogP contribution >= 0.6 is 0 Å². The first kappa shape index (κ1) is 21.5. The highest BCUT2D eigenvalue weighted by Gasteiger charge is 2.18. The highest BCUT2D eigenvalue weighted by molar-refractivity contribution is 6.12. The predicted octanol–water partition coefficient (Wildman–Crippen LogP) is 7.84. The minimum Gasteiger partial charge on any atom is -0.309 e. The maximum absolute atomic E-state index is 11.7. The Morgan fingerprint density at radius 2 is 1.19 bits per heavy atom. The fourth-order valence-corrected chi connectivity index (χ4v) is 4.95. The second-order valence-electron chi connectivity index (χ2n) is 8.61. The molecule has 0 aliphatic carbocycles. The molecule has 1 aromatic heterocycles. The van der Waals surface area contributed by atoms with Gasteiger partial charge in [0.25, 0.3) is 5.69 Å². The molecule has 1 heterocycles. The number of hydrogen-bond acceptors (Lipinski definition) is 3. The summed E-state index contributed by atoms with van der Waals surface area (Å²) in [5.74, 6) is 0. The number of para-hydroxylation sites is 2. The number of nitro groups is 1. The number of carbonyl (C=O) groups is 1. The average Bonchev–Trinajstić information content (AvgIpc) is 3.26. The van der Waals surface area contributed by atoms with E-state index in [4.69, 9.17) is 0 Å². The molecule has 5 aromatic carbocycles. The number of benzene rings is 5. The Bertz CT molecular complexity index is 1790. The molecule has 0 bridgehead atoms. The Hall–Kier alpha value is -5.03. The van der Waals surface area contributed by atoms with E-state index >= 15 is 0 Å². The van der Waals surface area contributed by atoms with Gasteiger partial charge in [-0.3, -0.25) is 14.9 Å². The Kier molecular flexibility index (Phi) is 5.16. The van der Waals surface area contributed by atoms with Gasteiger partial charge in [0.05, 0.1) is 21.5 Å². The lowest BCUT2D eigenvalue weighted by Crippen LogP contribution is -1.94. The first-order valence-corrected chi connectivity index (χ1v) is 11.6. The van der Waals surface area contributed by atoms with Gasteiger partial charge in [0.2, 0.25) is 0 Å². The number of hydrogen-bond donors (Lipinski definition) is 0. The molecule has 5 heteroatoms. The van der Waals surface area contributed by atoms with E-state index in [1.54, 1.807) is 12.1 Å². The predicted molar refractivity (Wildman–Crippen MR) is 144 cm³/mol. The van der Waals surface area contributed by atoms with Crippen molar-refractivity contribution in [2.45, 2.75) is 0 Å². The van der Waals surface area contributed by atoms with Gasteiger partial charge in [-0.05, 0) is 59.2 Å². The van der Waals surface area contributed by atoms with Crippen molar-refractivity contribution in [1.82, 2.24) is 4.57 Å². The van der Waals surface area contributed by atoms with Crippen LogP contribution in [0.1, 0.15) is 10.4 Å². The van der Waals surface area contributed by atoms with Gasteiger partial charge in [0, 0.05) is 28.1 Å². The maximum Gasteiger partial charge on any atom is 0.277 e. The molecule has 0 aliphatic heterocycles. The Labute approximate surface area is 207 Å². The molecule has 0 saturated carbocycles. The number of rotatable bonds is 5. The first-order chi connectivity index (χ1) is 17.7. The molecular formula is C31H20N2O3. The first-order valence-electron chi connectivity index (χ1n) is 11.6. The van der Waals surface area contributed by atoms with Crippen LogP contribution in [0.15, 0.2) is 115 Å². The summed E-state index contributed by atoms with van der Waals surface area (Å²) in [4.78, 5) is 23.0. The van der Waals surface area contributed by atoms with Gasteiger partial charge in [0.15, 0.2) is 6.29 Å². The van der Waals surface area contributed by atoms with Crippen molar-refractivity contribution < 1.29 is 9.72 Å². The van der Waals surface area contributed by atoms with Crippen LogP contribution < -0.4 is 0 Å². The van der Waals surface area contributed by atoms with Gasteiger partial charge in [-0.25, -0.2) is 0 Å². The van der Waals surface area contributed by atoms with Crippen molar-refractivity contribution in [3.63, 3.8) is 0 Å². The number of fused-ring (bicyclic) bond motifs is 3. The third kappa shape index (κ3) is 3.46. The zero-order chi connectivity index (χ0) is 24.6. The summed E-state index contributed by atoms with van der Waals surface area (Å²) in [6.07, 6.45) is 0.874. The monoisotopic (exact) mass is 468 g/mol. The molecule has 0 saturated heterocycles. The Morgan fingerprint density at radius 3 is 1.83 bits per heavy atom. The standard InChI is InChI=1S/C31H20N2O3/c34-20-23-8-4-5-11-25(23)21-14-16-29-27(18-21)28-19-22(26-12-6-7-13-31(26)33(35)36)15-17-30(28)32(29)24-9-2-1-3-10-24/h1-20H. The average molecular weight is 469 g/mol. The van der Waals surface area contributed by atoms with E-state index in [0.29, 0.717) is 11.1 Å². The third-order valence-corrected chi connectivity index (χ3v) is 6.59. The molecule has 6 rings (SSSR count). The summed E-state index contributed by atoms with van der Waals surface area (Å²) in [5.41, 5.74) is 6.90. The molecule has 172 valence electrons. The fraction of sp³-hybridized carbons (Fsp3) is 0. The van der Waals surface area contributed by atoms with Gasteiger partial charge < -0.3 is 4.57 Å². The van der Waals surface area contributed by atoms with Crippen molar-refractivity contribution in [2.75, 3.05) is 0 Å². The maximum atomic E-state index is 11.7. The molecule has 0 radical (unpaired) electrons. The molecule has 0 unspecified atom stereocenters. The molecule has 0 fully saturated rings. The normalized spacial score (nSPS) is 11.1. The second-order valence-corrected chi connectivity index (χ2v) is 8.61. The zero-order valence-electron chi connectivity index (χ0n) is 19.2. The van der Waals surface area contributed by atoms with Crippen molar-refractivity contribution in [3.8, 4) is 27.9 Å². The molecule has 0 atom stereocenters. The number of nitro benzene ring substituents is 1. The van der Waals surface area contributed by atoms with Gasteiger partial charge in [-0.15, -0.1) is 0 Å². The van der Waals surface area contributed by atoms with E-state index in [1.807, 2.05) is 72.8 Å². The molecule has 0 amide bonds. The minimum absolute atomic E-state index is 0.0734. The summed E-state index contributed by atoms with van der Waals surface area (Å²) in [6.45, 7) is 0.